The second-order valence-corrected chi connectivity index (χ2v) is 4.78. The molecule has 0 saturated carbocycles. The predicted molar refractivity (Wildman–Crippen MR) is 63.3 cm³/mol. The molecular formula is C11H17N5O2. The van der Waals surface area contributed by atoms with E-state index in [4.69, 9.17) is 0 Å². The monoisotopic (exact) mass is 251 g/mol. The molecule has 0 radical (unpaired) electrons. The van der Waals surface area contributed by atoms with Crippen molar-refractivity contribution in [3.8, 4) is 0 Å². The third kappa shape index (κ3) is 2.85. The Labute approximate surface area is 105 Å². The number of carbonyl (C=O) groups is 2. The highest BCUT2D eigenvalue weighted by Crippen LogP contribution is 2.06. The normalized spacial score (nSPS) is 16.3. The van der Waals surface area contributed by atoms with Crippen molar-refractivity contribution in [2.45, 2.75) is 26.9 Å². The van der Waals surface area contributed by atoms with Crippen LogP contribution in [0.5, 0.6) is 0 Å². The molecule has 1 aromatic heterocycles. The maximum atomic E-state index is 11.7. The first-order chi connectivity index (χ1) is 8.56. The molecule has 0 aromatic carbocycles. The second-order valence-electron chi connectivity index (χ2n) is 4.78. The van der Waals surface area contributed by atoms with Gasteiger partial charge in [-0.05, 0) is 5.92 Å². The smallest absolute Gasteiger partial charge is 0.242 e. The average molecular weight is 251 g/mol. The summed E-state index contributed by atoms with van der Waals surface area (Å²) in [5.41, 5.74) is 0. The molecule has 0 spiro atoms. The standard InChI is InChI=1S/C11H17N5O2/c1-8(2)4-16-9(13-7-14-16)5-15-6-10(17)12-3-11(15)18/h7-8H,3-6H2,1-2H3,(H,12,17). The van der Waals surface area contributed by atoms with Crippen molar-refractivity contribution in [1.82, 2.24) is 25.0 Å². The van der Waals surface area contributed by atoms with E-state index in [1.54, 1.807) is 4.68 Å². The Morgan fingerprint density at radius 1 is 1.44 bits per heavy atom. The molecule has 2 rings (SSSR count). The fourth-order valence-electron chi connectivity index (χ4n) is 1.83. The van der Waals surface area contributed by atoms with Gasteiger partial charge in [0.1, 0.15) is 18.7 Å². The van der Waals surface area contributed by atoms with E-state index in [1.807, 2.05) is 0 Å². The Bertz CT molecular complexity index is 454. The van der Waals surface area contributed by atoms with Gasteiger partial charge in [-0.1, -0.05) is 13.8 Å². The van der Waals surface area contributed by atoms with Gasteiger partial charge in [0.15, 0.2) is 0 Å². The molecule has 98 valence electrons. The molecule has 1 N–H and O–H groups in total. The Morgan fingerprint density at radius 3 is 2.94 bits per heavy atom. The van der Waals surface area contributed by atoms with Crippen LogP contribution in [0.4, 0.5) is 0 Å². The molecular weight excluding hydrogens is 234 g/mol. The van der Waals surface area contributed by atoms with Crippen LogP contribution in [0.2, 0.25) is 0 Å². The zero-order valence-electron chi connectivity index (χ0n) is 10.6. The molecule has 1 fully saturated rings. The molecule has 0 bridgehead atoms. The number of hydrogen-bond acceptors (Lipinski definition) is 4. The first-order valence-electron chi connectivity index (χ1n) is 5.97. The summed E-state index contributed by atoms with van der Waals surface area (Å²) >= 11 is 0. The third-order valence-corrected chi connectivity index (χ3v) is 2.69. The van der Waals surface area contributed by atoms with Crippen molar-refractivity contribution < 1.29 is 9.59 Å². The molecule has 7 heteroatoms. The first-order valence-corrected chi connectivity index (χ1v) is 5.97. The molecule has 1 aliphatic rings. The van der Waals surface area contributed by atoms with E-state index in [2.05, 4.69) is 29.2 Å². The van der Waals surface area contributed by atoms with E-state index in [1.165, 1.54) is 11.2 Å². The zero-order chi connectivity index (χ0) is 13.1. The largest absolute Gasteiger partial charge is 0.345 e. The van der Waals surface area contributed by atoms with Crippen LogP contribution in [-0.4, -0.2) is 44.6 Å². The SMILES string of the molecule is CC(C)Cn1ncnc1CN1CC(=O)NCC1=O. The predicted octanol–water partition coefficient (Wildman–Crippen LogP) is -0.607. The highest BCUT2D eigenvalue weighted by Gasteiger charge is 2.24. The van der Waals surface area contributed by atoms with Gasteiger partial charge in [-0.3, -0.25) is 9.59 Å². The van der Waals surface area contributed by atoms with E-state index in [0.29, 0.717) is 18.3 Å². The van der Waals surface area contributed by atoms with Crippen LogP contribution >= 0.6 is 0 Å². The minimum Gasteiger partial charge on any atom is -0.345 e. The fraction of sp³-hybridized carbons (Fsp3) is 0.636. The Kier molecular flexibility index (Phi) is 3.59. The molecule has 2 amide bonds. The van der Waals surface area contributed by atoms with Gasteiger partial charge in [0, 0.05) is 6.54 Å². The number of aromatic nitrogens is 3. The number of carbonyl (C=O) groups excluding carboxylic acids is 2. The van der Waals surface area contributed by atoms with Gasteiger partial charge in [-0.25, -0.2) is 9.67 Å². The lowest BCUT2D eigenvalue weighted by atomic mass is 10.2. The number of rotatable bonds is 4. The Morgan fingerprint density at radius 2 is 2.22 bits per heavy atom. The third-order valence-electron chi connectivity index (χ3n) is 2.69. The lowest BCUT2D eigenvalue weighted by Gasteiger charge is -2.26. The second kappa shape index (κ2) is 5.16. The van der Waals surface area contributed by atoms with Gasteiger partial charge in [0.2, 0.25) is 11.8 Å². The van der Waals surface area contributed by atoms with Crippen LogP contribution < -0.4 is 5.32 Å². The van der Waals surface area contributed by atoms with Gasteiger partial charge < -0.3 is 10.2 Å². The molecule has 2 heterocycles. The summed E-state index contributed by atoms with van der Waals surface area (Å²) in [6, 6.07) is 0. The van der Waals surface area contributed by atoms with E-state index >= 15 is 0 Å². The number of amides is 2. The minimum absolute atomic E-state index is 0.0666. The lowest BCUT2D eigenvalue weighted by Crippen LogP contribution is -2.51. The molecule has 0 aliphatic carbocycles. The maximum Gasteiger partial charge on any atom is 0.242 e. The van der Waals surface area contributed by atoms with Crippen molar-refractivity contribution in [2.24, 2.45) is 5.92 Å². The van der Waals surface area contributed by atoms with Crippen molar-refractivity contribution in [3.63, 3.8) is 0 Å². The maximum absolute atomic E-state index is 11.7. The number of piperazine rings is 1. The van der Waals surface area contributed by atoms with E-state index in [0.717, 1.165) is 6.54 Å². The van der Waals surface area contributed by atoms with Gasteiger partial charge in [-0.2, -0.15) is 5.10 Å². The molecule has 1 aliphatic heterocycles. The molecule has 1 aromatic rings. The quantitative estimate of drug-likeness (QED) is 0.774. The van der Waals surface area contributed by atoms with Crippen LogP contribution in [0.3, 0.4) is 0 Å². The number of nitrogens with zero attached hydrogens (tertiary/aromatic N) is 4. The first kappa shape index (κ1) is 12.5. The lowest BCUT2D eigenvalue weighted by molar-refractivity contribution is -0.141. The summed E-state index contributed by atoms with van der Waals surface area (Å²) in [6.45, 7) is 5.42. The van der Waals surface area contributed by atoms with Crippen LogP contribution in [0.15, 0.2) is 6.33 Å². The van der Waals surface area contributed by atoms with Gasteiger partial charge in [0.25, 0.3) is 0 Å². The van der Waals surface area contributed by atoms with Crippen LogP contribution in [0.1, 0.15) is 19.7 Å². The summed E-state index contributed by atoms with van der Waals surface area (Å²) in [4.78, 5) is 28.6. The fourth-order valence-corrected chi connectivity index (χ4v) is 1.83. The number of hydrogen-bond donors (Lipinski definition) is 1. The molecule has 18 heavy (non-hydrogen) atoms. The summed E-state index contributed by atoms with van der Waals surface area (Å²) in [5, 5.41) is 6.65. The summed E-state index contributed by atoms with van der Waals surface area (Å²) in [7, 11) is 0. The molecule has 1 saturated heterocycles. The molecule has 7 nitrogen and oxygen atoms in total. The molecule has 0 unspecified atom stereocenters. The van der Waals surface area contributed by atoms with Gasteiger partial charge in [0.05, 0.1) is 13.1 Å². The average Bonchev–Trinajstić information content (AvgIpc) is 2.70. The highest BCUT2D eigenvalue weighted by atomic mass is 16.2. The number of nitrogens with one attached hydrogen (secondary N) is 1. The van der Waals surface area contributed by atoms with E-state index in [9.17, 15) is 9.59 Å². The Balaban J connectivity index is 2.06. The molecule has 0 atom stereocenters. The minimum atomic E-state index is -0.135. The van der Waals surface area contributed by atoms with E-state index in [-0.39, 0.29) is 24.9 Å². The van der Waals surface area contributed by atoms with E-state index < -0.39 is 0 Å². The van der Waals surface area contributed by atoms with Crippen molar-refractivity contribution in [3.05, 3.63) is 12.2 Å². The topological polar surface area (TPSA) is 80.1 Å². The van der Waals surface area contributed by atoms with Crippen LogP contribution in [-0.2, 0) is 22.7 Å². The Hall–Kier alpha value is -1.92. The van der Waals surface area contributed by atoms with Gasteiger partial charge in [-0.15, -0.1) is 0 Å². The van der Waals surface area contributed by atoms with Crippen LogP contribution in [0, 0.1) is 5.92 Å². The summed E-state index contributed by atoms with van der Waals surface area (Å²) in [5.74, 6) is 0.941. The van der Waals surface area contributed by atoms with Crippen molar-refractivity contribution >= 4 is 11.8 Å². The van der Waals surface area contributed by atoms with Crippen LogP contribution in [0.25, 0.3) is 0 Å². The summed E-state index contributed by atoms with van der Waals surface area (Å²) < 4.78 is 1.78. The van der Waals surface area contributed by atoms with Crippen molar-refractivity contribution in [2.75, 3.05) is 13.1 Å². The zero-order valence-corrected chi connectivity index (χ0v) is 10.6. The highest BCUT2D eigenvalue weighted by molar-refractivity contribution is 5.92. The van der Waals surface area contributed by atoms with Gasteiger partial charge >= 0.3 is 0 Å². The van der Waals surface area contributed by atoms with Crippen molar-refractivity contribution in [1.29, 1.82) is 0 Å². The summed E-state index contributed by atoms with van der Waals surface area (Å²) in [6.07, 6.45) is 1.48.